The van der Waals surface area contributed by atoms with E-state index >= 15 is 0 Å². The molecule has 2 aliphatic rings. The first-order valence-electron chi connectivity index (χ1n) is 14.0. The predicted molar refractivity (Wildman–Crippen MR) is 158 cm³/mol. The third-order valence-corrected chi connectivity index (χ3v) is 7.54. The van der Waals surface area contributed by atoms with Crippen LogP contribution in [-0.4, -0.2) is 30.1 Å². The highest BCUT2D eigenvalue weighted by molar-refractivity contribution is 5.98. The van der Waals surface area contributed by atoms with E-state index in [1.54, 1.807) is 0 Å². The number of nitrogens with two attached hydrogens (primary N) is 1. The number of pyridine rings is 1. The number of aromatic amines is 1. The number of hydrogen-bond donors (Lipinski definition) is 4. The van der Waals surface area contributed by atoms with E-state index in [0.29, 0.717) is 23.7 Å². The first kappa shape index (κ1) is 28.6. The van der Waals surface area contributed by atoms with Gasteiger partial charge >= 0.3 is 0 Å². The van der Waals surface area contributed by atoms with Crippen LogP contribution in [0.4, 0.5) is 5.69 Å². The second-order valence-corrected chi connectivity index (χ2v) is 10.9. The number of H-pyrrole nitrogens is 1. The number of aromatic nitrogens is 1. The Bertz CT molecular complexity index is 1340. The van der Waals surface area contributed by atoms with Gasteiger partial charge in [0.1, 0.15) is 0 Å². The van der Waals surface area contributed by atoms with Gasteiger partial charge in [-0.25, -0.2) is 0 Å². The Kier molecular flexibility index (Phi) is 9.59. The lowest BCUT2D eigenvalue weighted by Crippen LogP contribution is -2.30. The Morgan fingerprint density at radius 3 is 2.26 bits per heavy atom. The lowest BCUT2D eigenvalue weighted by atomic mass is 9.96. The van der Waals surface area contributed by atoms with Gasteiger partial charge in [-0.2, -0.15) is 0 Å². The highest BCUT2D eigenvalue weighted by Gasteiger charge is 2.19. The molecule has 2 heterocycles. The first-order chi connectivity index (χ1) is 18.7. The van der Waals surface area contributed by atoms with Crippen LogP contribution >= 0.6 is 0 Å². The molecule has 7 nitrogen and oxygen atoms in total. The fourth-order valence-electron chi connectivity index (χ4n) is 4.69. The van der Waals surface area contributed by atoms with E-state index in [1.807, 2.05) is 57.2 Å². The van der Waals surface area contributed by atoms with Crippen LogP contribution in [0.5, 0.6) is 0 Å². The van der Waals surface area contributed by atoms with E-state index < -0.39 is 0 Å². The van der Waals surface area contributed by atoms with Crippen molar-refractivity contribution in [3.8, 4) is 11.1 Å². The Morgan fingerprint density at radius 1 is 1.00 bits per heavy atom. The van der Waals surface area contributed by atoms with Gasteiger partial charge in [-0.1, -0.05) is 44.0 Å². The molecule has 7 heteroatoms. The second-order valence-electron chi connectivity index (χ2n) is 10.9. The van der Waals surface area contributed by atoms with Crippen LogP contribution in [0.2, 0.25) is 0 Å². The zero-order valence-corrected chi connectivity index (χ0v) is 23.7. The van der Waals surface area contributed by atoms with Gasteiger partial charge in [0.2, 0.25) is 0 Å². The Hall–Kier alpha value is -3.42. The molecule has 1 amide bonds. The molecule has 1 saturated carbocycles. The van der Waals surface area contributed by atoms with Crippen LogP contribution < -0.4 is 21.9 Å². The molecular weight excluding hydrogens is 488 g/mol. The molecule has 2 fully saturated rings. The molecule has 1 saturated heterocycles. The second kappa shape index (κ2) is 13.1. The van der Waals surface area contributed by atoms with Gasteiger partial charge in [0.15, 0.2) is 0 Å². The fraction of sp³-hybridized carbons (Fsp3) is 0.438. The molecular formula is C32H42N4O3. The van der Waals surface area contributed by atoms with Crippen LogP contribution in [0.1, 0.15) is 70.9 Å². The topological polar surface area (TPSA) is 109 Å². The van der Waals surface area contributed by atoms with E-state index in [0.717, 1.165) is 71.2 Å². The monoisotopic (exact) mass is 530 g/mol. The Balaban J connectivity index is 0.000000808. The van der Waals surface area contributed by atoms with Gasteiger partial charge in [-0.05, 0) is 85.5 Å². The minimum absolute atomic E-state index is 0.165. The molecule has 0 spiro atoms. The number of hydrogen-bond acceptors (Lipinski definition) is 5. The quantitative estimate of drug-likeness (QED) is 0.329. The number of ether oxygens (including phenoxy) is 1. The van der Waals surface area contributed by atoms with Crippen molar-refractivity contribution in [3.63, 3.8) is 0 Å². The summed E-state index contributed by atoms with van der Waals surface area (Å²) in [4.78, 5) is 28.6. The van der Waals surface area contributed by atoms with Gasteiger partial charge < -0.3 is 26.1 Å². The maximum Gasteiger partial charge on any atom is 0.253 e. The number of anilines is 1. The Morgan fingerprint density at radius 2 is 1.67 bits per heavy atom. The summed E-state index contributed by atoms with van der Waals surface area (Å²) in [5.41, 5.74) is 13.2. The summed E-state index contributed by atoms with van der Waals surface area (Å²) in [6.07, 6.45) is 4.82. The lowest BCUT2D eigenvalue weighted by Gasteiger charge is -2.26. The molecule has 1 aromatic heterocycles. The molecule has 208 valence electrons. The SMILES string of the molecule is CC1CC1.Cc1cc(C)c(CNC(=O)c2cc(-c3ccc(CN)cc3)cc(NC3CCOCC3)c2C)c(=O)[nH]1. The predicted octanol–water partition coefficient (Wildman–Crippen LogP) is 5.36. The fourth-order valence-corrected chi connectivity index (χ4v) is 4.69. The molecule has 3 aromatic rings. The van der Waals surface area contributed by atoms with Gasteiger partial charge in [0, 0.05) is 54.9 Å². The third-order valence-electron chi connectivity index (χ3n) is 7.54. The first-order valence-corrected chi connectivity index (χ1v) is 14.0. The lowest BCUT2D eigenvalue weighted by molar-refractivity contribution is 0.0903. The maximum absolute atomic E-state index is 13.4. The van der Waals surface area contributed by atoms with E-state index in [-0.39, 0.29) is 18.0 Å². The molecule has 5 N–H and O–H groups in total. The number of carbonyl (C=O) groups excluding carboxylic acids is 1. The van der Waals surface area contributed by atoms with Crippen molar-refractivity contribution in [2.75, 3.05) is 18.5 Å². The average Bonchev–Trinajstić information content (AvgIpc) is 3.72. The highest BCUT2D eigenvalue weighted by atomic mass is 16.5. The standard InChI is InChI=1S/C28H34N4O3.C4H8/c1-17-12-18(2)31-28(34)25(17)16-30-27(33)24-13-22(21-6-4-20(15-29)5-7-21)14-26(19(24)3)32-23-8-10-35-11-9-23;1-4-2-3-4/h4-7,12-14,23,32H,8-11,15-16,29H2,1-3H3,(H,30,33)(H,31,34);4H,2-3H2,1H3. The molecule has 0 unspecified atom stereocenters. The molecule has 39 heavy (non-hydrogen) atoms. The number of benzene rings is 2. The normalized spacial score (nSPS) is 15.3. The van der Waals surface area contributed by atoms with Crippen molar-refractivity contribution >= 4 is 11.6 Å². The Labute approximate surface area is 231 Å². The van der Waals surface area contributed by atoms with Crippen LogP contribution in [0.3, 0.4) is 0 Å². The third kappa shape index (κ3) is 7.80. The molecule has 1 aliphatic carbocycles. The summed E-state index contributed by atoms with van der Waals surface area (Å²) in [6.45, 7) is 10.1. The molecule has 1 aliphatic heterocycles. The molecule has 5 rings (SSSR count). The zero-order chi connectivity index (χ0) is 27.9. The van der Waals surface area contributed by atoms with Crippen molar-refractivity contribution in [2.45, 2.75) is 72.5 Å². The van der Waals surface area contributed by atoms with Crippen molar-refractivity contribution in [3.05, 3.63) is 86.3 Å². The molecule has 2 aromatic carbocycles. The van der Waals surface area contributed by atoms with Crippen molar-refractivity contribution in [1.29, 1.82) is 0 Å². The van der Waals surface area contributed by atoms with Crippen LogP contribution in [0.25, 0.3) is 11.1 Å². The number of nitrogens with one attached hydrogen (secondary N) is 3. The zero-order valence-electron chi connectivity index (χ0n) is 23.7. The number of amides is 1. The van der Waals surface area contributed by atoms with Crippen molar-refractivity contribution < 1.29 is 9.53 Å². The van der Waals surface area contributed by atoms with Gasteiger partial charge in [0.05, 0.1) is 0 Å². The summed E-state index contributed by atoms with van der Waals surface area (Å²) in [6, 6.07) is 14.3. The smallest absolute Gasteiger partial charge is 0.253 e. The van der Waals surface area contributed by atoms with Crippen molar-refractivity contribution in [2.24, 2.45) is 11.7 Å². The summed E-state index contributed by atoms with van der Waals surface area (Å²) < 4.78 is 5.50. The summed E-state index contributed by atoms with van der Waals surface area (Å²) >= 11 is 0. The number of carbonyl (C=O) groups is 1. The molecule has 0 atom stereocenters. The minimum Gasteiger partial charge on any atom is -0.382 e. The summed E-state index contributed by atoms with van der Waals surface area (Å²) in [5.74, 6) is 0.873. The van der Waals surface area contributed by atoms with Crippen LogP contribution in [0.15, 0.2) is 47.3 Å². The summed E-state index contributed by atoms with van der Waals surface area (Å²) in [5, 5.41) is 6.60. The van der Waals surface area contributed by atoms with E-state index in [2.05, 4.69) is 28.6 Å². The van der Waals surface area contributed by atoms with E-state index in [9.17, 15) is 9.59 Å². The molecule has 0 bridgehead atoms. The molecule has 0 radical (unpaired) electrons. The number of aryl methyl sites for hydroxylation is 2. The van der Waals surface area contributed by atoms with Crippen molar-refractivity contribution in [1.82, 2.24) is 10.3 Å². The highest BCUT2D eigenvalue weighted by Crippen LogP contribution is 2.31. The van der Waals surface area contributed by atoms with Gasteiger partial charge in [-0.3, -0.25) is 9.59 Å². The van der Waals surface area contributed by atoms with E-state index in [4.69, 9.17) is 10.5 Å². The minimum atomic E-state index is -0.211. The van der Waals surface area contributed by atoms with Gasteiger partial charge in [-0.15, -0.1) is 0 Å². The van der Waals surface area contributed by atoms with Gasteiger partial charge in [0.25, 0.3) is 11.5 Å². The number of rotatable bonds is 7. The summed E-state index contributed by atoms with van der Waals surface area (Å²) in [7, 11) is 0. The van der Waals surface area contributed by atoms with E-state index in [1.165, 1.54) is 12.8 Å². The van der Waals surface area contributed by atoms with Crippen LogP contribution in [0, 0.1) is 26.7 Å². The largest absolute Gasteiger partial charge is 0.382 e. The average molecular weight is 531 g/mol. The van der Waals surface area contributed by atoms with Crippen LogP contribution in [-0.2, 0) is 17.8 Å². The maximum atomic E-state index is 13.4.